The Morgan fingerprint density at radius 1 is 1.05 bits per heavy atom. The summed E-state index contributed by atoms with van der Waals surface area (Å²) in [6, 6.07) is 10.8. The first kappa shape index (κ1) is 30.0. The maximum Gasteiger partial charge on any atom is 0.407 e. The van der Waals surface area contributed by atoms with Crippen LogP contribution >= 0.6 is 0 Å². The van der Waals surface area contributed by atoms with Crippen molar-refractivity contribution in [1.82, 2.24) is 5.32 Å². The zero-order valence-corrected chi connectivity index (χ0v) is 24.5. The number of para-hydroxylation sites is 1. The van der Waals surface area contributed by atoms with Gasteiger partial charge in [-0.05, 0) is 83.6 Å². The molecule has 11 heteroatoms. The standard InChI is InChI=1S/C30H41N5O6/c1-19-9-12-22(17-26(19)40-5)32-28(36)20-10-13-21(14-11-20)31-24-7-6-8-25(27(24)35(38)39)34-16-15-23(18-34)33-29(37)41-30(2,3)4/h6-9,12,17,20-21,23,31H,10-11,13-16,18H2,1-5H3,(H,32,36)(H,33,37). The lowest BCUT2D eigenvalue weighted by Crippen LogP contribution is -2.40. The van der Waals surface area contributed by atoms with Crippen molar-refractivity contribution < 1.29 is 24.0 Å². The van der Waals surface area contributed by atoms with E-state index in [4.69, 9.17) is 9.47 Å². The number of methoxy groups -OCH3 is 1. The average Bonchev–Trinajstić information content (AvgIpc) is 3.36. The van der Waals surface area contributed by atoms with Crippen LogP contribution in [0.5, 0.6) is 5.75 Å². The number of amides is 2. The zero-order chi connectivity index (χ0) is 29.7. The lowest BCUT2D eigenvalue weighted by molar-refractivity contribution is -0.383. The van der Waals surface area contributed by atoms with Crippen LogP contribution < -0.4 is 25.6 Å². The van der Waals surface area contributed by atoms with Crippen molar-refractivity contribution in [3.8, 4) is 5.75 Å². The molecule has 41 heavy (non-hydrogen) atoms. The third kappa shape index (κ3) is 7.80. The number of alkyl carbamates (subject to hydrolysis) is 1. The molecular weight excluding hydrogens is 526 g/mol. The molecule has 1 unspecified atom stereocenters. The van der Waals surface area contributed by atoms with Gasteiger partial charge in [0.15, 0.2) is 0 Å². The van der Waals surface area contributed by atoms with Crippen molar-refractivity contribution in [3.05, 3.63) is 52.1 Å². The number of anilines is 3. The maximum absolute atomic E-state index is 12.9. The quantitative estimate of drug-likeness (QED) is 0.276. The summed E-state index contributed by atoms with van der Waals surface area (Å²) in [6.45, 7) is 8.40. The summed E-state index contributed by atoms with van der Waals surface area (Å²) in [7, 11) is 1.61. The molecule has 2 aromatic rings. The molecule has 1 saturated heterocycles. The van der Waals surface area contributed by atoms with Gasteiger partial charge in [-0.15, -0.1) is 0 Å². The van der Waals surface area contributed by atoms with Crippen molar-refractivity contribution in [2.75, 3.05) is 35.7 Å². The maximum atomic E-state index is 12.9. The van der Waals surface area contributed by atoms with Crippen molar-refractivity contribution in [2.24, 2.45) is 5.92 Å². The minimum atomic E-state index is -0.598. The number of hydrogen-bond acceptors (Lipinski definition) is 8. The Balaban J connectivity index is 1.35. The highest BCUT2D eigenvalue weighted by molar-refractivity contribution is 5.93. The Bertz CT molecular complexity index is 1270. The second-order valence-corrected chi connectivity index (χ2v) is 11.9. The van der Waals surface area contributed by atoms with Gasteiger partial charge < -0.3 is 30.3 Å². The number of benzene rings is 2. The third-order valence-corrected chi connectivity index (χ3v) is 7.58. The van der Waals surface area contributed by atoms with Crippen LogP contribution in [0.15, 0.2) is 36.4 Å². The minimum absolute atomic E-state index is 0.0210. The lowest BCUT2D eigenvalue weighted by atomic mass is 9.85. The zero-order valence-electron chi connectivity index (χ0n) is 24.5. The summed E-state index contributed by atoms with van der Waals surface area (Å²) in [4.78, 5) is 38.9. The van der Waals surface area contributed by atoms with Crippen LogP contribution in [-0.4, -0.2) is 54.8 Å². The van der Waals surface area contributed by atoms with Gasteiger partial charge in [-0.3, -0.25) is 14.9 Å². The van der Waals surface area contributed by atoms with Crippen LogP contribution in [0.1, 0.15) is 58.4 Å². The number of nitrogens with zero attached hydrogens (tertiary/aromatic N) is 2. The predicted octanol–water partition coefficient (Wildman–Crippen LogP) is 5.62. The van der Waals surface area contributed by atoms with Gasteiger partial charge in [-0.25, -0.2) is 4.79 Å². The largest absolute Gasteiger partial charge is 0.496 e. The molecule has 1 aliphatic carbocycles. The molecule has 222 valence electrons. The van der Waals surface area contributed by atoms with Crippen LogP contribution in [0.2, 0.25) is 0 Å². The number of nitrogens with one attached hydrogen (secondary N) is 3. The molecule has 2 amide bonds. The van der Waals surface area contributed by atoms with Crippen LogP contribution in [0.25, 0.3) is 0 Å². The van der Waals surface area contributed by atoms with E-state index in [1.165, 1.54) is 0 Å². The molecule has 11 nitrogen and oxygen atoms in total. The highest BCUT2D eigenvalue weighted by Crippen LogP contribution is 2.39. The lowest BCUT2D eigenvalue weighted by Gasteiger charge is -2.29. The second kappa shape index (κ2) is 12.7. The van der Waals surface area contributed by atoms with Crippen LogP contribution in [-0.2, 0) is 9.53 Å². The van der Waals surface area contributed by atoms with E-state index < -0.39 is 11.7 Å². The fourth-order valence-electron chi connectivity index (χ4n) is 5.53. The molecule has 0 spiro atoms. The summed E-state index contributed by atoms with van der Waals surface area (Å²) in [5.41, 5.74) is 2.12. The molecular formula is C30H41N5O6. The van der Waals surface area contributed by atoms with Crippen LogP contribution in [0.3, 0.4) is 0 Å². The molecule has 0 radical (unpaired) electrons. The van der Waals surface area contributed by atoms with E-state index in [1.54, 1.807) is 40.0 Å². The summed E-state index contributed by atoms with van der Waals surface area (Å²) < 4.78 is 10.7. The first-order valence-electron chi connectivity index (χ1n) is 14.2. The van der Waals surface area contributed by atoms with Gasteiger partial charge in [-0.2, -0.15) is 0 Å². The first-order valence-corrected chi connectivity index (χ1v) is 14.2. The monoisotopic (exact) mass is 567 g/mol. The van der Waals surface area contributed by atoms with Crippen molar-refractivity contribution >= 4 is 34.7 Å². The molecule has 3 N–H and O–H groups in total. The predicted molar refractivity (Wildman–Crippen MR) is 159 cm³/mol. The molecule has 1 heterocycles. The molecule has 1 atom stereocenters. The summed E-state index contributed by atoms with van der Waals surface area (Å²) in [6.07, 6.45) is 2.99. The molecule has 4 rings (SSSR count). The van der Waals surface area contributed by atoms with Gasteiger partial charge in [0.1, 0.15) is 22.7 Å². The van der Waals surface area contributed by atoms with Gasteiger partial charge in [0.05, 0.1) is 18.1 Å². The summed E-state index contributed by atoms with van der Waals surface area (Å²) in [5, 5.41) is 21.5. The van der Waals surface area contributed by atoms with Gasteiger partial charge in [0.2, 0.25) is 5.91 Å². The van der Waals surface area contributed by atoms with E-state index in [-0.39, 0.29) is 34.5 Å². The molecule has 1 aliphatic heterocycles. The highest BCUT2D eigenvalue weighted by atomic mass is 16.6. The Morgan fingerprint density at radius 2 is 1.78 bits per heavy atom. The first-order chi connectivity index (χ1) is 19.4. The smallest absolute Gasteiger partial charge is 0.407 e. The highest BCUT2D eigenvalue weighted by Gasteiger charge is 2.33. The van der Waals surface area contributed by atoms with E-state index >= 15 is 0 Å². The van der Waals surface area contributed by atoms with E-state index in [0.29, 0.717) is 49.4 Å². The van der Waals surface area contributed by atoms with Crippen LogP contribution in [0.4, 0.5) is 27.5 Å². The topological polar surface area (TPSA) is 135 Å². The number of carbonyl (C=O) groups is 2. The Kier molecular flexibility index (Phi) is 9.25. The number of ether oxygens (including phenoxy) is 2. The number of rotatable bonds is 8. The number of nitro groups is 1. The molecule has 0 aromatic heterocycles. The summed E-state index contributed by atoms with van der Waals surface area (Å²) >= 11 is 0. The second-order valence-electron chi connectivity index (χ2n) is 11.9. The van der Waals surface area contributed by atoms with Crippen molar-refractivity contribution in [1.29, 1.82) is 0 Å². The van der Waals surface area contributed by atoms with Crippen molar-refractivity contribution in [2.45, 2.75) is 77.5 Å². The van der Waals surface area contributed by atoms with E-state index in [1.807, 2.05) is 36.1 Å². The number of aryl methyl sites for hydroxylation is 1. The molecule has 2 aromatic carbocycles. The van der Waals surface area contributed by atoms with E-state index in [9.17, 15) is 19.7 Å². The molecule has 2 fully saturated rings. The fraction of sp³-hybridized carbons (Fsp3) is 0.533. The summed E-state index contributed by atoms with van der Waals surface area (Å²) in [5.74, 6) is 0.579. The van der Waals surface area contributed by atoms with E-state index in [2.05, 4.69) is 16.0 Å². The van der Waals surface area contributed by atoms with Gasteiger partial charge in [0, 0.05) is 36.8 Å². The Morgan fingerprint density at radius 3 is 2.44 bits per heavy atom. The third-order valence-electron chi connectivity index (χ3n) is 7.58. The normalized spacial score (nSPS) is 20.7. The van der Waals surface area contributed by atoms with Gasteiger partial charge in [-0.1, -0.05) is 12.1 Å². The SMILES string of the molecule is COc1cc(NC(=O)C2CCC(Nc3cccc(N4CCC(NC(=O)OC(C)(C)C)C4)c3[N+](=O)[O-])CC2)ccc1C. The fourth-order valence-corrected chi connectivity index (χ4v) is 5.53. The number of hydrogen-bond donors (Lipinski definition) is 3. The van der Waals surface area contributed by atoms with Crippen LogP contribution in [0, 0.1) is 23.0 Å². The molecule has 1 saturated carbocycles. The average molecular weight is 568 g/mol. The minimum Gasteiger partial charge on any atom is -0.496 e. The van der Waals surface area contributed by atoms with E-state index in [0.717, 1.165) is 24.2 Å². The Hall–Kier alpha value is -4.02. The Labute approximate surface area is 241 Å². The molecule has 2 aliphatic rings. The number of carbonyl (C=O) groups excluding carboxylic acids is 2. The van der Waals surface area contributed by atoms with Crippen molar-refractivity contribution in [3.63, 3.8) is 0 Å². The van der Waals surface area contributed by atoms with Gasteiger partial charge in [0.25, 0.3) is 0 Å². The number of nitro benzene ring substituents is 1. The molecule has 0 bridgehead atoms. The van der Waals surface area contributed by atoms with Gasteiger partial charge >= 0.3 is 11.8 Å².